The minimum Gasteiger partial charge on any atom is -0.300 e. The summed E-state index contributed by atoms with van der Waals surface area (Å²) in [5, 5.41) is 4.84. The number of hydrogen-bond donors (Lipinski definition) is 1. The summed E-state index contributed by atoms with van der Waals surface area (Å²) in [5.74, 6) is 0. The van der Waals surface area contributed by atoms with Crippen molar-refractivity contribution in [2.24, 2.45) is 0 Å². The van der Waals surface area contributed by atoms with Crippen molar-refractivity contribution >= 4 is 27.1 Å². The average molecular weight is 347 g/mol. The highest BCUT2D eigenvalue weighted by Gasteiger charge is 2.30. The van der Waals surface area contributed by atoms with Gasteiger partial charge in [-0.3, -0.25) is 10.2 Å². The van der Waals surface area contributed by atoms with Gasteiger partial charge in [-0.25, -0.2) is 8.42 Å². The molecule has 6 nitrogen and oxygen atoms in total. The number of benzene rings is 2. The molecule has 0 spiro atoms. The normalized spacial score (nSPS) is 18.5. The number of carbonyl (C=O) groups is 1. The van der Waals surface area contributed by atoms with Gasteiger partial charge < -0.3 is 4.79 Å². The quantitative estimate of drug-likeness (QED) is 0.814. The van der Waals surface area contributed by atoms with Crippen molar-refractivity contribution in [2.75, 3.05) is 33.2 Å². The number of carbonyl (C=O) groups excluding carboxylic acids is 1. The molecular formula is C17H21N3O3S. The summed E-state index contributed by atoms with van der Waals surface area (Å²) in [6, 6.07) is 12.9. The molecule has 0 aliphatic carbocycles. The Morgan fingerprint density at radius 2 is 1.71 bits per heavy atom. The maximum absolute atomic E-state index is 12.9. The van der Waals surface area contributed by atoms with Gasteiger partial charge in [0.1, 0.15) is 6.17 Å². The van der Waals surface area contributed by atoms with Gasteiger partial charge >= 0.3 is 0 Å². The molecule has 1 aliphatic heterocycles. The number of rotatable bonds is 5. The third kappa shape index (κ3) is 3.21. The first-order valence-corrected chi connectivity index (χ1v) is 9.36. The summed E-state index contributed by atoms with van der Waals surface area (Å²) in [7, 11) is -1.80. The molecule has 0 saturated carbocycles. The number of fused-ring (bicyclic) bond motifs is 1. The van der Waals surface area contributed by atoms with E-state index >= 15 is 0 Å². The van der Waals surface area contributed by atoms with E-state index < -0.39 is 10.0 Å². The van der Waals surface area contributed by atoms with Crippen LogP contribution in [-0.4, -0.2) is 63.3 Å². The Bertz CT molecular complexity index is 830. The SMILES string of the molecule is CNC(C=O)N1CCN(S(=O)(=O)c2ccc3ccccc3c2)CC1. The van der Waals surface area contributed by atoms with E-state index in [9.17, 15) is 13.2 Å². The van der Waals surface area contributed by atoms with Gasteiger partial charge in [-0.1, -0.05) is 30.3 Å². The van der Waals surface area contributed by atoms with E-state index in [1.54, 1.807) is 19.2 Å². The largest absolute Gasteiger partial charge is 0.300 e. The number of nitrogens with zero attached hydrogens (tertiary/aromatic N) is 2. The predicted molar refractivity (Wildman–Crippen MR) is 93.2 cm³/mol. The van der Waals surface area contributed by atoms with Gasteiger partial charge in [0.05, 0.1) is 4.90 Å². The first-order chi connectivity index (χ1) is 11.6. The van der Waals surface area contributed by atoms with E-state index in [1.165, 1.54) is 4.31 Å². The molecule has 128 valence electrons. The minimum atomic E-state index is -3.52. The zero-order valence-electron chi connectivity index (χ0n) is 13.6. The van der Waals surface area contributed by atoms with Crippen molar-refractivity contribution in [1.29, 1.82) is 0 Å². The predicted octanol–water partition coefficient (Wildman–Crippen LogP) is 0.891. The Balaban J connectivity index is 1.79. The number of piperazine rings is 1. The van der Waals surface area contributed by atoms with Gasteiger partial charge in [-0.2, -0.15) is 4.31 Å². The van der Waals surface area contributed by atoms with Crippen LogP contribution in [0.3, 0.4) is 0 Å². The zero-order chi connectivity index (χ0) is 17.2. The Hall–Kier alpha value is -1.80. The summed E-state index contributed by atoms with van der Waals surface area (Å²) in [6.07, 6.45) is 0.476. The number of nitrogens with one attached hydrogen (secondary N) is 1. The minimum absolute atomic E-state index is 0.315. The molecule has 2 aromatic rings. The van der Waals surface area contributed by atoms with E-state index in [2.05, 4.69) is 5.32 Å². The maximum Gasteiger partial charge on any atom is 0.243 e. The van der Waals surface area contributed by atoms with Gasteiger partial charge in [0.25, 0.3) is 0 Å². The standard InChI is InChI=1S/C17H21N3O3S/c1-18-17(13-21)19-8-10-20(11-9-19)24(22,23)16-7-6-14-4-2-3-5-15(14)12-16/h2-7,12-13,17-18H,8-11H2,1H3. The molecule has 24 heavy (non-hydrogen) atoms. The monoisotopic (exact) mass is 347 g/mol. The smallest absolute Gasteiger partial charge is 0.243 e. The summed E-state index contributed by atoms with van der Waals surface area (Å²) in [6.45, 7) is 1.80. The van der Waals surface area contributed by atoms with Crippen LogP contribution in [0.1, 0.15) is 0 Å². The van der Waals surface area contributed by atoms with Gasteiger partial charge in [0.15, 0.2) is 6.29 Å². The molecule has 0 aromatic heterocycles. The van der Waals surface area contributed by atoms with Crippen LogP contribution >= 0.6 is 0 Å². The lowest BCUT2D eigenvalue weighted by Gasteiger charge is -2.36. The Labute approximate surface area is 142 Å². The molecular weight excluding hydrogens is 326 g/mol. The third-order valence-corrected chi connectivity index (χ3v) is 6.34. The number of hydrogen-bond acceptors (Lipinski definition) is 5. The van der Waals surface area contributed by atoms with Crippen molar-refractivity contribution in [3.05, 3.63) is 42.5 Å². The molecule has 1 N–H and O–H groups in total. The third-order valence-electron chi connectivity index (χ3n) is 4.45. The fourth-order valence-electron chi connectivity index (χ4n) is 3.04. The Morgan fingerprint density at radius 3 is 2.33 bits per heavy atom. The van der Waals surface area contributed by atoms with E-state index in [4.69, 9.17) is 0 Å². The van der Waals surface area contributed by atoms with Crippen LogP contribution < -0.4 is 5.32 Å². The molecule has 1 unspecified atom stereocenters. The highest BCUT2D eigenvalue weighted by Crippen LogP contribution is 2.22. The van der Waals surface area contributed by atoms with E-state index in [1.807, 2.05) is 35.2 Å². The topological polar surface area (TPSA) is 69.7 Å². The van der Waals surface area contributed by atoms with Crippen LogP contribution in [-0.2, 0) is 14.8 Å². The van der Waals surface area contributed by atoms with Crippen molar-refractivity contribution in [3.63, 3.8) is 0 Å². The van der Waals surface area contributed by atoms with Crippen molar-refractivity contribution in [2.45, 2.75) is 11.1 Å². The highest BCUT2D eigenvalue weighted by atomic mass is 32.2. The molecule has 1 aliphatic rings. The van der Waals surface area contributed by atoms with Crippen LogP contribution in [0.4, 0.5) is 0 Å². The lowest BCUT2D eigenvalue weighted by molar-refractivity contribution is -0.113. The molecule has 1 fully saturated rings. The number of likely N-dealkylation sites (N-methyl/N-ethyl adjacent to an activating group) is 1. The van der Waals surface area contributed by atoms with Gasteiger partial charge in [0, 0.05) is 26.2 Å². The van der Waals surface area contributed by atoms with Crippen LogP contribution in [0.5, 0.6) is 0 Å². The fraction of sp³-hybridized carbons (Fsp3) is 0.353. The molecule has 0 radical (unpaired) electrons. The second-order valence-corrected chi connectivity index (χ2v) is 7.76. The van der Waals surface area contributed by atoms with Gasteiger partial charge in [0.2, 0.25) is 10.0 Å². The van der Waals surface area contributed by atoms with Crippen LogP contribution in [0, 0.1) is 0 Å². The lowest BCUT2D eigenvalue weighted by Crippen LogP contribution is -2.55. The first-order valence-electron chi connectivity index (χ1n) is 7.92. The number of sulfonamides is 1. The average Bonchev–Trinajstić information content (AvgIpc) is 2.63. The summed E-state index contributed by atoms with van der Waals surface area (Å²) in [4.78, 5) is 13.3. The highest BCUT2D eigenvalue weighted by molar-refractivity contribution is 7.89. The Morgan fingerprint density at radius 1 is 1.04 bits per heavy atom. The molecule has 1 saturated heterocycles. The Kier molecular flexibility index (Phi) is 4.96. The summed E-state index contributed by atoms with van der Waals surface area (Å²) >= 11 is 0. The molecule has 1 heterocycles. The van der Waals surface area contributed by atoms with Gasteiger partial charge in [-0.15, -0.1) is 0 Å². The lowest BCUT2D eigenvalue weighted by atomic mass is 10.1. The fourth-order valence-corrected chi connectivity index (χ4v) is 4.49. The van der Waals surface area contributed by atoms with E-state index in [0.717, 1.165) is 17.1 Å². The maximum atomic E-state index is 12.9. The molecule has 7 heteroatoms. The molecule has 0 bridgehead atoms. The van der Waals surface area contributed by atoms with Gasteiger partial charge in [-0.05, 0) is 30.0 Å². The van der Waals surface area contributed by atoms with Crippen LogP contribution in [0.25, 0.3) is 10.8 Å². The van der Waals surface area contributed by atoms with E-state index in [0.29, 0.717) is 31.1 Å². The molecule has 2 aromatic carbocycles. The molecule has 3 rings (SSSR count). The van der Waals surface area contributed by atoms with E-state index in [-0.39, 0.29) is 6.17 Å². The molecule has 1 atom stereocenters. The second kappa shape index (κ2) is 6.98. The van der Waals surface area contributed by atoms with Crippen LogP contribution in [0.2, 0.25) is 0 Å². The summed E-state index contributed by atoms with van der Waals surface area (Å²) in [5.41, 5.74) is 0. The molecule has 0 amide bonds. The van der Waals surface area contributed by atoms with Crippen molar-refractivity contribution in [3.8, 4) is 0 Å². The zero-order valence-corrected chi connectivity index (χ0v) is 14.4. The van der Waals surface area contributed by atoms with Crippen molar-refractivity contribution < 1.29 is 13.2 Å². The first kappa shape index (κ1) is 17.0. The second-order valence-electron chi connectivity index (χ2n) is 5.82. The number of aldehydes is 1. The van der Waals surface area contributed by atoms with Crippen LogP contribution in [0.15, 0.2) is 47.4 Å². The van der Waals surface area contributed by atoms with Crippen molar-refractivity contribution in [1.82, 2.24) is 14.5 Å². The summed E-state index contributed by atoms with van der Waals surface area (Å²) < 4.78 is 27.2.